The lowest BCUT2D eigenvalue weighted by atomic mass is 9.72. The normalized spacial score (nSPS) is 47.1. The van der Waals surface area contributed by atoms with Gasteiger partial charge in [0.2, 0.25) is 0 Å². The van der Waals surface area contributed by atoms with Crippen LogP contribution in [0.3, 0.4) is 0 Å². The third-order valence-corrected chi connectivity index (χ3v) is 14.9. The van der Waals surface area contributed by atoms with Gasteiger partial charge in [-0.1, -0.05) is 20.8 Å². The number of hydrogen-bond donors (Lipinski definition) is 4. The second-order valence-electron chi connectivity index (χ2n) is 21.3. The first-order valence-electron chi connectivity index (χ1n) is 22.0. The van der Waals surface area contributed by atoms with Crippen molar-refractivity contribution >= 4 is 22.6 Å². The third kappa shape index (κ3) is 12.8. The summed E-state index contributed by atoms with van der Waals surface area (Å²) in [5.74, 6) is -4.03. The molecule has 60 heavy (non-hydrogen) atoms. The molecule has 1 unspecified atom stereocenters. The van der Waals surface area contributed by atoms with E-state index in [4.69, 9.17) is 37.3 Å². The van der Waals surface area contributed by atoms with Crippen LogP contribution in [0.2, 0.25) is 39.3 Å². The number of hydrogen-bond acceptors (Lipinski definition) is 14. The molecule has 0 aromatic heterocycles. The van der Waals surface area contributed by atoms with E-state index < -0.39 is 131 Å². The summed E-state index contributed by atoms with van der Waals surface area (Å²) in [5.41, 5.74) is -7.59. The van der Waals surface area contributed by atoms with E-state index in [1.165, 1.54) is 20.8 Å². The number of nitrogens with zero attached hydrogens (tertiary/aromatic N) is 1. The molecule has 3 aliphatic heterocycles. The van der Waals surface area contributed by atoms with Crippen LogP contribution in [0.5, 0.6) is 0 Å². The fraction of sp³-hybridized carbons (Fsp3) is 0.977. The van der Waals surface area contributed by atoms with E-state index in [2.05, 4.69) is 44.2 Å². The third-order valence-electron chi connectivity index (χ3n) is 12.9. The Morgan fingerprint density at radius 3 is 1.90 bits per heavy atom. The van der Waals surface area contributed by atoms with E-state index in [0.717, 1.165) is 6.92 Å². The van der Waals surface area contributed by atoms with Gasteiger partial charge >= 0.3 is 5.97 Å². The summed E-state index contributed by atoms with van der Waals surface area (Å²) in [5, 5.41) is 47.7. The molecular weight excluding hydrogens is 814 g/mol. The monoisotopic (exact) mass is 898 g/mol. The van der Waals surface area contributed by atoms with Crippen molar-refractivity contribution in [3.05, 3.63) is 0 Å². The van der Waals surface area contributed by atoms with E-state index in [1.807, 2.05) is 34.9 Å². The Hall–Kier alpha value is -0.646. The summed E-state index contributed by atoms with van der Waals surface area (Å²) in [7, 11) is 1.20. The Labute approximate surface area is 362 Å². The van der Waals surface area contributed by atoms with Crippen molar-refractivity contribution in [2.45, 2.75) is 230 Å². The first-order chi connectivity index (χ1) is 27.1. The number of likely N-dealkylation sites (N-methyl/N-ethyl adjacent to an activating group) is 1. The van der Waals surface area contributed by atoms with Gasteiger partial charge in [0, 0.05) is 37.8 Å². The average molecular weight is 898 g/mol. The molecule has 0 spiro atoms. The van der Waals surface area contributed by atoms with Crippen LogP contribution in [-0.2, 0) is 42.1 Å². The predicted molar refractivity (Wildman–Crippen MR) is 232 cm³/mol. The number of carbonyl (C=O) groups excluding carboxylic acids is 1. The smallest absolute Gasteiger partial charge is 0.311 e. The maximum atomic E-state index is 17.2. The molecule has 3 saturated heterocycles. The summed E-state index contributed by atoms with van der Waals surface area (Å²) in [4.78, 5) is 16.5. The number of aliphatic hydroxyl groups is 4. The molecule has 4 N–H and O–H groups in total. The van der Waals surface area contributed by atoms with Gasteiger partial charge in [0.15, 0.2) is 29.2 Å². The minimum atomic E-state index is -2.54. The van der Waals surface area contributed by atoms with Crippen LogP contribution in [0, 0.1) is 17.8 Å². The largest absolute Gasteiger partial charge is 0.459 e. The molecule has 3 heterocycles. The van der Waals surface area contributed by atoms with Crippen LogP contribution in [0.25, 0.3) is 0 Å². The summed E-state index contributed by atoms with van der Waals surface area (Å²) >= 11 is 0. The van der Waals surface area contributed by atoms with Crippen molar-refractivity contribution in [1.29, 1.82) is 0 Å². The summed E-state index contributed by atoms with van der Waals surface area (Å²) in [6.45, 7) is 28.6. The number of rotatable bonds is 11. The number of halogens is 1. The lowest BCUT2D eigenvalue weighted by Crippen LogP contribution is -2.64. The quantitative estimate of drug-likeness (QED) is 0.154. The Kier molecular flexibility index (Phi) is 17.8. The molecule has 0 bridgehead atoms. The Morgan fingerprint density at radius 1 is 0.833 bits per heavy atom. The molecule has 0 saturated carbocycles. The maximum Gasteiger partial charge on any atom is 0.311 e. The molecule has 19 atom stereocenters. The van der Waals surface area contributed by atoms with Crippen molar-refractivity contribution in [1.82, 2.24) is 4.90 Å². The SMILES string of the molecule is CC[C@H]1OC(=O)[C@H](C)[C@@H](OC2C[C@@](C)(OC)[C@@H](O[Si](C)(C)C)[C@H](C)O2)[C@H](C)[C@@H](O[C@@H]2O[C@H](C)C[C@H](N(C)C)[C@H]2O[Si](C)(C)C)[C@](C)(O)C[C@](C)(F)[C@H](O)[C@H](C)[C@@H](O)[C@]1(C)O. The highest BCUT2D eigenvalue weighted by atomic mass is 28.4. The van der Waals surface area contributed by atoms with Gasteiger partial charge < -0.3 is 62.6 Å². The van der Waals surface area contributed by atoms with Gasteiger partial charge in [0.1, 0.15) is 23.5 Å². The van der Waals surface area contributed by atoms with Crippen molar-refractivity contribution in [3.63, 3.8) is 0 Å². The fourth-order valence-corrected chi connectivity index (χ4v) is 12.0. The van der Waals surface area contributed by atoms with Gasteiger partial charge in [0.25, 0.3) is 0 Å². The Balaban J connectivity index is 2.29. The lowest BCUT2D eigenvalue weighted by Gasteiger charge is -2.51. The molecule has 3 fully saturated rings. The van der Waals surface area contributed by atoms with Crippen molar-refractivity contribution in [2.75, 3.05) is 21.2 Å². The van der Waals surface area contributed by atoms with Crippen molar-refractivity contribution in [3.8, 4) is 0 Å². The summed E-state index contributed by atoms with van der Waals surface area (Å²) < 4.78 is 69.7. The number of alkyl halides is 1. The number of methoxy groups -OCH3 is 1. The molecule has 3 rings (SSSR count). The minimum Gasteiger partial charge on any atom is -0.459 e. The molecule has 0 aromatic rings. The lowest BCUT2D eigenvalue weighted by molar-refractivity contribution is -0.317. The first-order valence-corrected chi connectivity index (χ1v) is 28.8. The zero-order chi connectivity index (χ0) is 46.3. The molecule has 14 nitrogen and oxygen atoms in total. The second kappa shape index (κ2) is 19.8. The maximum absolute atomic E-state index is 17.2. The van der Waals surface area contributed by atoms with Gasteiger partial charge in [-0.05, 0) is 115 Å². The summed E-state index contributed by atoms with van der Waals surface area (Å²) in [6.07, 6.45) is -10.9. The molecule has 0 aliphatic carbocycles. The Bertz CT molecular complexity index is 1400. The summed E-state index contributed by atoms with van der Waals surface area (Å²) in [6, 6.07) is -0.144. The second-order valence-corrected chi connectivity index (χ2v) is 30.3. The highest BCUT2D eigenvalue weighted by Crippen LogP contribution is 2.44. The predicted octanol–water partition coefficient (Wildman–Crippen LogP) is 5.39. The first kappa shape index (κ1) is 53.7. The molecule has 354 valence electrons. The van der Waals surface area contributed by atoms with Crippen molar-refractivity contribution in [2.24, 2.45) is 17.8 Å². The number of esters is 1. The zero-order valence-electron chi connectivity index (χ0n) is 40.3. The number of aliphatic hydroxyl groups excluding tert-OH is 2. The van der Waals surface area contributed by atoms with Crippen LogP contribution in [-0.4, -0.2) is 165 Å². The number of ether oxygens (including phenoxy) is 6. The average Bonchev–Trinajstić information content (AvgIpc) is 3.10. The molecular formula is C43H84FNO13Si2. The molecule has 0 radical (unpaired) electrons. The van der Waals surface area contributed by atoms with Gasteiger partial charge in [-0.2, -0.15) is 0 Å². The minimum absolute atomic E-state index is 0.0937. The topological polar surface area (TPSA) is 175 Å². The van der Waals surface area contributed by atoms with Crippen LogP contribution in [0.4, 0.5) is 4.39 Å². The van der Waals surface area contributed by atoms with E-state index >= 15 is 4.39 Å². The highest BCUT2D eigenvalue weighted by Gasteiger charge is 2.57. The van der Waals surface area contributed by atoms with Crippen LogP contribution in [0.1, 0.15) is 94.9 Å². The van der Waals surface area contributed by atoms with Crippen molar-refractivity contribution < 1.29 is 66.9 Å². The van der Waals surface area contributed by atoms with Crippen LogP contribution >= 0.6 is 0 Å². The van der Waals surface area contributed by atoms with Gasteiger partial charge in [0.05, 0.1) is 59.8 Å². The number of carbonyl (C=O) groups is 1. The van der Waals surface area contributed by atoms with E-state index in [-0.39, 0.29) is 25.0 Å². The standard InChI is InChI=1S/C43H84FNO13Si2/c1-20-30-43(10,50)35(47)27(5)34(46)40(7,44)23-41(8,49)36(56-39-33(57-59(14,15)16)29(45(11)12)21-24(2)52-39)25(3)32(26(4)38(48)54-30)55-31-22-42(9,51-13)37(28(6)53-31)58-60(17,18)19/h24-37,39,46-47,49-50H,20-23H2,1-19H3/t24-,25+,26-,27+,28+,29+,30-,31?,32+,33-,34-,35-,36-,37+,39+,40+,41-,42-,43-/m1/s1. The number of cyclic esters (lactones) is 1. The molecule has 3 aliphatic rings. The van der Waals surface area contributed by atoms with Gasteiger partial charge in [-0.3, -0.25) is 4.79 Å². The molecule has 0 amide bonds. The zero-order valence-corrected chi connectivity index (χ0v) is 42.3. The van der Waals surface area contributed by atoms with E-state index in [9.17, 15) is 25.2 Å². The van der Waals surface area contributed by atoms with Crippen LogP contribution in [0.15, 0.2) is 0 Å². The van der Waals surface area contributed by atoms with Gasteiger partial charge in [-0.25, -0.2) is 4.39 Å². The molecule has 0 aromatic carbocycles. The van der Waals surface area contributed by atoms with Gasteiger partial charge in [-0.15, -0.1) is 0 Å². The van der Waals surface area contributed by atoms with Crippen LogP contribution < -0.4 is 0 Å². The van der Waals surface area contributed by atoms with E-state index in [1.54, 1.807) is 27.9 Å². The highest BCUT2D eigenvalue weighted by molar-refractivity contribution is 6.70. The van der Waals surface area contributed by atoms with E-state index in [0.29, 0.717) is 6.42 Å². The Morgan fingerprint density at radius 2 is 1.40 bits per heavy atom. The molecule has 17 heteroatoms. The fourth-order valence-electron chi connectivity index (χ4n) is 9.73.